The molecule has 2 amide bonds. The minimum Gasteiger partial charge on any atom is -0.338 e. The third-order valence-electron chi connectivity index (χ3n) is 1.92. The number of amides is 2. The van der Waals surface area contributed by atoms with E-state index in [0.29, 0.717) is 13.0 Å². The number of unbranched alkanes of at least 4 members (excludes halogenated alkanes) is 1. The molecule has 0 saturated carbocycles. The lowest BCUT2D eigenvalue weighted by molar-refractivity contribution is 0.236. The summed E-state index contributed by atoms with van der Waals surface area (Å²) in [6.45, 7) is 4.50. The van der Waals surface area contributed by atoms with Gasteiger partial charge in [-0.2, -0.15) is 0 Å². The van der Waals surface area contributed by atoms with Crippen molar-refractivity contribution in [3.05, 3.63) is 0 Å². The Morgan fingerprint density at radius 2 is 2.07 bits per heavy atom. The highest BCUT2D eigenvalue weighted by Gasteiger charge is 2.12. The van der Waals surface area contributed by atoms with Crippen LogP contribution < -0.4 is 10.6 Å². The van der Waals surface area contributed by atoms with Gasteiger partial charge in [-0.15, -0.1) is 18.8 Å². The molecule has 0 aromatic carbocycles. The number of hydrogen-bond donors (Lipinski definition) is 2. The van der Waals surface area contributed by atoms with Crippen molar-refractivity contribution in [2.75, 3.05) is 6.54 Å². The average Bonchev–Trinajstić information content (AvgIpc) is 2.20. The summed E-state index contributed by atoms with van der Waals surface area (Å²) in [5, 5.41) is 5.40. The summed E-state index contributed by atoms with van der Waals surface area (Å²) in [5.41, 5.74) is 0. The molecule has 82 valence electrons. The molecule has 0 rings (SSSR count). The summed E-state index contributed by atoms with van der Waals surface area (Å²) < 4.78 is 0. The van der Waals surface area contributed by atoms with E-state index in [1.54, 1.807) is 0 Å². The first-order chi connectivity index (χ1) is 7.11. The molecule has 3 heteroatoms. The maximum atomic E-state index is 11.3. The maximum Gasteiger partial charge on any atom is 0.315 e. The number of terminal acetylenes is 2. The molecule has 0 unspecified atom stereocenters. The number of nitrogens with one attached hydrogen (secondary N) is 2. The second kappa shape index (κ2) is 7.76. The summed E-state index contributed by atoms with van der Waals surface area (Å²) in [4.78, 5) is 11.3. The Morgan fingerprint density at radius 3 is 2.53 bits per heavy atom. The van der Waals surface area contributed by atoms with Crippen LogP contribution in [0.4, 0.5) is 4.79 Å². The predicted molar refractivity (Wildman–Crippen MR) is 62.1 cm³/mol. The number of carbonyl (C=O) groups excluding carboxylic acids is 1. The highest BCUT2D eigenvalue weighted by molar-refractivity contribution is 5.74. The Hall–Kier alpha value is -1.61. The quantitative estimate of drug-likeness (QED) is 0.517. The lowest BCUT2D eigenvalue weighted by Crippen LogP contribution is -2.44. The Balaban J connectivity index is 3.74. The fourth-order valence-electron chi connectivity index (χ4n) is 0.985. The molecule has 1 atom stereocenters. The topological polar surface area (TPSA) is 41.1 Å². The molecule has 0 radical (unpaired) electrons. The summed E-state index contributed by atoms with van der Waals surface area (Å²) in [6, 6.07) is -0.457. The fraction of sp³-hybridized carbons (Fsp3) is 0.583. The molecule has 0 aliphatic heterocycles. The summed E-state index contributed by atoms with van der Waals surface area (Å²) in [7, 11) is 0. The molecule has 0 aromatic heterocycles. The number of urea groups is 1. The smallest absolute Gasteiger partial charge is 0.315 e. The van der Waals surface area contributed by atoms with Crippen LogP contribution in [-0.2, 0) is 0 Å². The molecule has 0 fully saturated rings. The zero-order chi connectivity index (χ0) is 11.7. The van der Waals surface area contributed by atoms with Crippen LogP contribution in [0.1, 0.15) is 26.7 Å². The lowest BCUT2D eigenvalue weighted by Gasteiger charge is -2.16. The third-order valence-corrected chi connectivity index (χ3v) is 1.92. The predicted octanol–water partition coefficient (Wildman–Crippen LogP) is 1.36. The first kappa shape index (κ1) is 13.4. The Bertz CT molecular complexity index is 270. The lowest BCUT2D eigenvalue weighted by atomic mass is 10.1. The van der Waals surface area contributed by atoms with Crippen LogP contribution in [0, 0.1) is 30.6 Å². The summed E-state index contributed by atoms with van der Waals surface area (Å²) in [5.74, 6) is 5.27. The fourth-order valence-corrected chi connectivity index (χ4v) is 0.985. The van der Waals surface area contributed by atoms with E-state index in [9.17, 15) is 4.79 Å². The SMILES string of the molecule is C#CCCCNC(=O)N[C@H](C#C)C(C)C. The molecule has 0 spiro atoms. The molecule has 0 heterocycles. The van der Waals surface area contributed by atoms with E-state index >= 15 is 0 Å². The standard InChI is InChI=1S/C12H18N2O/c1-5-7-8-9-13-12(15)14-11(6-2)10(3)4/h1-2,10-11H,7-9H2,3-4H3,(H2,13,14,15)/t11-/m1/s1. The van der Waals surface area contributed by atoms with Crippen molar-refractivity contribution in [1.82, 2.24) is 10.6 Å². The van der Waals surface area contributed by atoms with E-state index in [1.165, 1.54) is 0 Å². The largest absolute Gasteiger partial charge is 0.338 e. The van der Waals surface area contributed by atoms with Crippen molar-refractivity contribution in [2.24, 2.45) is 5.92 Å². The van der Waals surface area contributed by atoms with E-state index < -0.39 is 0 Å². The highest BCUT2D eigenvalue weighted by Crippen LogP contribution is 1.99. The van der Waals surface area contributed by atoms with Crippen molar-refractivity contribution in [3.63, 3.8) is 0 Å². The van der Waals surface area contributed by atoms with Crippen molar-refractivity contribution in [2.45, 2.75) is 32.7 Å². The summed E-state index contributed by atoms with van der Waals surface area (Å²) in [6.07, 6.45) is 11.8. The van der Waals surface area contributed by atoms with Crippen LogP contribution in [0.2, 0.25) is 0 Å². The molecule has 15 heavy (non-hydrogen) atoms. The van der Waals surface area contributed by atoms with Gasteiger partial charge in [0, 0.05) is 13.0 Å². The average molecular weight is 206 g/mol. The minimum atomic E-state index is -0.233. The molecule has 0 aliphatic rings. The minimum absolute atomic E-state index is 0.224. The Morgan fingerprint density at radius 1 is 1.40 bits per heavy atom. The third kappa shape index (κ3) is 6.46. The van der Waals surface area contributed by atoms with E-state index in [1.807, 2.05) is 13.8 Å². The molecule has 0 bridgehead atoms. The van der Waals surface area contributed by atoms with Gasteiger partial charge in [0.1, 0.15) is 0 Å². The maximum absolute atomic E-state index is 11.3. The number of rotatable bonds is 5. The van der Waals surface area contributed by atoms with Gasteiger partial charge in [-0.05, 0) is 12.3 Å². The molecular weight excluding hydrogens is 188 g/mol. The highest BCUT2D eigenvalue weighted by atomic mass is 16.2. The zero-order valence-corrected chi connectivity index (χ0v) is 9.34. The van der Waals surface area contributed by atoms with Crippen LogP contribution >= 0.6 is 0 Å². The van der Waals surface area contributed by atoms with Crippen molar-refractivity contribution in [1.29, 1.82) is 0 Å². The molecule has 0 aromatic rings. The number of carbonyl (C=O) groups is 1. The molecular formula is C12H18N2O. The van der Waals surface area contributed by atoms with E-state index in [0.717, 1.165) is 6.42 Å². The second-order valence-corrected chi connectivity index (χ2v) is 3.60. The van der Waals surface area contributed by atoms with Crippen molar-refractivity contribution < 1.29 is 4.79 Å². The van der Waals surface area contributed by atoms with Gasteiger partial charge in [-0.1, -0.05) is 19.8 Å². The molecule has 2 N–H and O–H groups in total. The number of hydrogen-bond acceptors (Lipinski definition) is 1. The van der Waals surface area contributed by atoms with Gasteiger partial charge in [0.15, 0.2) is 0 Å². The van der Waals surface area contributed by atoms with Gasteiger partial charge in [0.25, 0.3) is 0 Å². The Kier molecular flexibility index (Phi) is 6.93. The normalized spacial score (nSPS) is 11.3. The van der Waals surface area contributed by atoms with Gasteiger partial charge in [0.2, 0.25) is 0 Å². The molecule has 0 saturated heterocycles. The van der Waals surface area contributed by atoms with Gasteiger partial charge in [-0.25, -0.2) is 4.79 Å². The van der Waals surface area contributed by atoms with Crippen molar-refractivity contribution in [3.8, 4) is 24.7 Å². The molecule has 0 aliphatic carbocycles. The van der Waals surface area contributed by atoms with Crippen LogP contribution in [0.25, 0.3) is 0 Å². The van der Waals surface area contributed by atoms with Gasteiger partial charge in [0.05, 0.1) is 6.04 Å². The van der Waals surface area contributed by atoms with Crippen LogP contribution in [0.5, 0.6) is 0 Å². The monoisotopic (exact) mass is 206 g/mol. The van der Waals surface area contributed by atoms with E-state index in [4.69, 9.17) is 12.8 Å². The second-order valence-electron chi connectivity index (χ2n) is 3.60. The summed E-state index contributed by atoms with van der Waals surface area (Å²) >= 11 is 0. The van der Waals surface area contributed by atoms with Gasteiger partial charge in [-0.3, -0.25) is 0 Å². The molecule has 3 nitrogen and oxygen atoms in total. The van der Waals surface area contributed by atoms with E-state index in [-0.39, 0.29) is 18.0 Å². The Labute approximate surface area is 92.0 Å². The zero-order valence-electron chi connectivity index (χ0n) is 9.34. The first-order valence-corrected chi connectivity index (χ1v) is 5.05. The first-order valence-electron chi connectivity index (χ1n) is 5.05. The van der Waals surface area contributed by atoms with Crippen LogP contribution in [0.3, 0.4) is 0 Å². The van der Waals surface area contributed by atoms with Crippen LogP contribution in [0.15, 0.2) is 0 Å². The van der Waals surface area contributed by atoms with E-state index in [2.05, 4.69) is 22.5 Å². The van der Waals surface area contributed by atoms with Gasteiger partial charge < -0.3 is 10.6 Å². The van der Waals surface area contributed by atoms with Crippen molar-refractivity contribution >= 4 is 6.03 Å². The van der Waals surface area contributed by atoms with Crippen LogP contribution in [-0.4, -0.2) is 18.6 Å². The van der Waals surface area contributed by atoms with Gasteiger partial charge >= 0.3 is 6.03 Å².